The fourth-order valence-electron chi connectivity index (χ4n) is 3.03. The van der Waals surface area contributed by atoms with Crippen molar-refractivity contribution in [2.24, 2.45) is 0 Å². The Morgan fingerprint density at radius 3 is 1.63 bits per heavy atom. The summed E-state index contributed by atoms with van der Waals surface area (Å²) >= 11 is 0. The molecule has 2 aliphatic rings. The van der Waals surface area contributed by atoms with Gasteiger partial charge in [0.15, 0.2) is 0 Å². The summed E-state index contributed by atoms with van der Waals surface area (Å²) < 4.78 is 5.63. The van der Waals surface area contributed by atoms with Crippen molar-refractivity contribution in [3.05, 3.63) is 0 Å². The van der Waals surface area contributed by atoms with Gasteiger partial charge in [0.25, 0.3) is 0 Å². The molecule has 0 N–H and O–H groups in total. The highest BCUT2D eigenvalue weighted by atomic mass is 16.5. The van der Waals surface area contributed by atoms with Crippen LogP contribution in [-0.4, -0.2) is 37.2 Å². The van der Waals surface area contributed by atoms with Crippen LogP contribution in [0.2, 0.25) is 0 Å². The lowest BCUT2D eigenvalue weighted by Gasteiger charge is -2.28. The zero-order chi connectivity index (χ0) is 13.9. The molecule has 2 fully saturated rings. The third-order valence-corrected chi connectivity index (χ3v) is 4.18. The molecule has 0 aromatic heterocycles. The predicted molar refractivity (Wildman–Crippen MR) is 83.7 cm³/mol. The highest BCUT2D eigenvalue weighted by Crippen LogP contribution is 2.24. The number of morpholine rings is 1. The van der Waals surface area contributed by atoms with Gasteiger partial charge in [-0.15, -0.1) is 0 Å². The van der Waals surface area contributed by atoms with Crippen LogP contribution in [0.3, 0.4) is 0 Å². The highest BCUT2D eigenvalue weighted by Gasteiger charge is 2.31. The molecule has 0 aromatic carbocycles. The second kappa shape index (κ2) is 10.7. The molecule has 114 valence electrons. The quantitative estimate of drug-likeness (QED) is 0.625. The van der Waals surface area contributed by atoms with Crippen LogP contribution < -0.4 is 0 Å². The van der Waals surface area contributed by atoms with Gasteiger partial charge >= 0.3 is 0 Å². The molecule has 19 heavy (non-hydrogen) atoms. The maximum absolute atomic E-state index is 5.63. The minimum absolute atomic E-state index is 0.564. The first kappa shape index (κ1) is 17.0. The zero-order valence-corrected chi connectivity index (χ0v) is 13.5. The Kier molecular flexibility index (Phi) is 9.54. The fraction of sp³-hybridized carbons (Fsp3) is 1.00. The summed E-state index contributed by atoms with van der Waals surface area (Å²) in [5.74, 6) is 0. The molecule has 2 heterocycles. The minimum atomic E-state index is 0.564. The summed E-state index contributed by atoms with van der Waals surface area (Å²) in [5, 5.41) is 0. The number of hydrogen-bond acceptors (Lipinski definition) is 2. The maximum atomic E-state index is 5.63. The van der Waals surface area contributed by atoms with E-state index in [1.54, 1.807) is 0 Å². The third-order valence-electron chi connectivity index (χ3n) is 4.18. The number of fused-ring (bicyclic) bond motifs is 2. The van der Waals surface area contributed by atoms with Crippen molar-refractivity contribution in [1.82, 2.24) is 4.90 Å². The lowest BCUT2D eigenvalue weighted by atomic mass is 10.1. The fourth-order valence-corrected chi connectivity index (χ4v) is 3.03. The molecular formula is C17H35NO. The van der Waals surface area contributed by atoms with E-state index >= 15 is 0 Å². The largest absolute Gasteiger partial charge is 0.372 e. The van der Waals surface area contributed by atoms with Crippen molar-refractivity contribution >= 4 is 0 Å². The van der Waals surface area contributed by atoms with Gasteiger partial charge in [0, 0.05) is 13.1 Å². The van der Waals surface area contributed by atoms with E-state index in [9.17, 15) is 0 Å². The molecule has 0 spiro atoms. The SMILES string of the molecule is CCCCCCCCCC.CN1CC2CCC(C1)O2. The first-order valence-corrected chi connectivity index (χ1v) is 8.60. The molecule has 2 heteroatoms. The Labute approximate surface area is 120 Å². The Hall–Kier alpha value is -0.0800. The van der Waals surface area contributed by atoms with Crippen LogP contribution in [0.1, 0.15) is 78.1 Å². The van der Waals surface area contributed by atoms with Crippen molar-refractivity contribution in [3.8, 4) is 0 Å². The molecule has 2 unspecified atom stereocenters. The van der Waals surface area contributed by atoms with Gasteiger partial charge in [0.05, 0.1) is 12.2 Å². The molecule has 2 atom stereocenters. The molecular weight excluding hydrogens is 234 g/mol. The number of hydrogen-bond donors (Lipinski definition) is 0. The van der Waals surface area contributed by atoms with Crippen LogP contribution in [0.15, 0.2) is 0 Å². The summed E-state index contributed by atoms with van der Waals surface area (Å²) in [4.78, 5) is 2.37. The monoisotopic (exact) mass is 269 g/mol. The lowest BCUT2D eigenvalue weighted by molar-refractivity contribution is -0.0293. The van der Waals surface area contributed by atoms with Gasteiger partial charge < -0.3 is 9.64 Å². The summed E-state index contributed by atoms with van der Waals surface area (Å²) in [5.41, 5.74) is 0. The van der Waals surface area contributed by atoms with Crippen molar-refractivity contribution in [1.29, 1.82) is 0 Å². The molecule has 0 amide bonds. The van der Waals surface area contributed by atoms with Gasteiger partial charge in [-0.2, -0.15) is 0 Å². The number of unbranched alkanes of at least 4 members (excludes halogenated alkanes) is 7. The molecule has 0 aromatic rings. The standard InChI is InChI=1S/C10H22.C7H13NO/c1-3-5-7-9-10-8-6-4-2;1-8-4-6-2-3-7(5-8)9-6/h3-10H2,1-2H3;6-7H,2-5H2,1H3. The van der Waals surface area contributed by atoms with E-state index in [4.69, 9.17) is 4.74 Å². The molecule has 0 saturated carbocycles. The van der Waals surface area contributed by atoms with Crippen molar-refractivity contribution in [3.63, 3.8) is 0 Å². The number of rotatable bonds is 7. The van der Waals surface area contributed by atoms with Crippen LogP contribution in [0.25, 0.3) is 0 Å². The molecule has 2 nitrogen and oxygen atoms in total. The van der Waals surface area contributed by atoms with E-state index in [-0.39, 0.29) is 0 Å². The average molecular weight is 269 g/mol. The molecule has 0 radical (unpaired) electrons. The van der Waals surface area contributed by atoms with Gasteiger partial charge in [-0.05, 0) is 19.9 Å². The first-order valence-electron chi connectivity index (χ1n) is 8.60. The normalized spacial score (nSPS) is 26.1. The Bertz CT molecular complexity index is 187. The van der Waals surface area contributed by atoms with Crippen LogP contribution in [0, 0.1) is 0 Å². The number of likely N-dealkylation sites (N-methyl/N-ethyl adjacent to an activating group) is 1. The van der Waals surface area contributed by atoms with E-state index < -0.39 is 0 Å². The lowest BCUT2D eigenvalue weighted by Crippen LogP contribution is -2.39. The van der Waals surface area contributed by atoms with E-state index in [0.717, 1.165) is 13.1 Å². The Balaban J connectivity index is 0.000000190. The summed E-state index contributed by atoms with van der Waals surface area (Å²) in [7, 11) is 2.17. The van der Waals surface area contributed by atoms with E-state index in [0.29, 0.717) is 12.2 Å². The van der Waals surface area contributed by atoms with Crippen LogP contribution in [-0.2, 0) is 4.74 Å². The second-order valence-electron chi connectivity index (χ2n) is 6.30. The number of ether oxygens (including phenoxy) is 1. The second-order valence-corrected chi connectivity index (χ2v) is 6.30. The van der Waals surface area contributed by atoms with E-state index in [1.807, 2.05) is 0 Å². The molecule has 2 bridgehead atoms. The number of nitrogens with zero attached hydrogens (tertiary/aromatic N) is 1. The third kappa shape index (κ3) is 7.94. The van der Waals surface area contributed by atoms with Gasteiger partial charge in [0.1, 0.15) is 0 Å². The van der Waals surface area contributed by atoms with E-state index in [2.05, 4.69) is 25.8 Å². The predicted octanol–water partition coefficient (Wildman–Crippen LogP) is 4.63. The smallest absolute Gasteiger partial charge is 0.0707 e. The molecule has 2 aliphatic heterocycles. The molecule has 0 aliphatic carbocycles. The topological polar surface area (TPSA) is 12.5 Å². The minimum Gasteiger partial charge on any atom is -0.372 e. The summed E-state index contributed by atoms with van der Waals surface area (Å²) in [6.07, 6.45) is 15.2. The van der Waals surface area contributed by atoms with Gasteiger partial charge in [-0.3, -0.25) is 0 Å². The van der Waals surface area contributed by atoms with Gasteiger partial charge in [0.2, 0.25) is 0 Å². The Morgan fingerprint density at radius 1 is 0.789 bits per heavy atom. The summed E-state index contributed by atoms with van der Waals surface area (Å²) in [6.45, 7) is 6.84. The van der Waals surface area contributed by atoms with Crippen molar-refractivity contribution in [2.45, 2.75) is 90.3 Å². The highest BCUT2D eigenvalue weighted by molar-refractivity contribution is 4.82. The average Bonchev–Trinajstić information content (AvgIpc) is 2.74. The first-order chi connectivity index (χ1) is 9.26. The van der Waals surface area contributed by atoms with Crippen LogP contribution in [0.5, 0.6) is 0 Å². The van der Waals surface area contributed by atoms with Crippen molar-refractivity contribution < 1.29 is 4.74 Å². The van der Waals surface area contributed by atoms with Gasteiger partial charge in [-0.25, -0.2) is 0 Å². The maximum Gasteiger partial charge on any atom is 0.0707 e. The zero-order valence-electron chi connectivity index (χ0n) is 13.5. The van der Waals surface area contributed by atoms with Gasteiger partial charge in [-0.1, -0.05) is 65.2 Å². The van der Waals surface area contributed by atoms with Crippen LogP contribution in [0.4, 0.5) is 0 Å². The number of likely N-dealkylation sites (tertiary alicyclic amines) is 1. The Morgan fingerprint density at radius 2 is 1.21 bits per heavy atom. The summed E-state index contributed by atoms with van der Waals surface area (Å²) in [6, 6.07) is 0. The van der Waals surface area contributed by atoms with Crippen molar-refractivity contribution in [2.75, 3.05) is 20.1 Å². The molecule has 2 saturated heterocycles. The van der Waals surface area contributed by atoms with Crippen LogP contribution >= 0.6 is 0 Å². The van der Waals surface area contributed by atoms with E-state index in [1.165, 1.54) is 64.2 Å². The molecule has 2 rings (SSSR count).